The third-order valence-corrected chi connectivity index (χ3v) is 3.86. The number of nitrogens with one attached hydrogen (secondary N) is 1. The summed E-state index contributed by atoms with van der Waals surface area (Å²) < 4.78 is 6.73. The molecule has 0 aliphatic heterocycles. The predicted molar refractivity (Wildman–Crippen MR) is 95.8 cm³/mol. The van der Waals surface area contributed by atoms with Gasteiger partial charge in [-0.2, -0.15) is 0 Å². The first kappa shape index (κ1) is 15.9. The number of rotatable bonds is 6. The molecule has 0 fully saturated rings. The maximum Gasteiger partial charge on any atom is 0.305 e. The molecule has 1 N–H and O–H groups in total. The van der Waals surface area contributed by atoms with Crippen LogP contribution >= 0.6 is 0 Å². The van der Waals surface area contributed by atoms with Crippen molar-refractivity contribution in [3.05, 3.63) is 78.6 Å². The van der Waals surface area contributed by atoms with Crippen LogP contribution in [0.2, 0.25) is 0 Å². The van der Waals surface area contributed by atoms with Crippen molar-refractivity contribution in [2.75, 3.05) is 12.4 Å². The summed E-state index contributed by atoms with van der Waals surface area (Å²) in [6, 6.07) is 20.4. The number of hydrogen-bond acceptors (Lipinski definition) is 3. The number of nitrogens with zero attached hydrogens (tertiary/aromatic N) is 1. The van der Waals surface area contributed by atoms with E-state index in [-0.39, 0.29) is 5.97 Å². The first-order valence-electron chi connectivity index (χ1n) is 7.91. The third kappa shape index (κ3) is 4.04. The molecule has 0 aliphatic rings. The zero-order valence-corrected chi connectivity index (χ0v) is 13.6. The second kappa shape index (κ2) is 7.51. The molecule has 0 unspecified atom stereocenters. The molecule has 1 heterocycles. The number of anilines is 2. The number of benzene rings is 2. The summed E-state index contributed by atoms with van der Waals surface area (Å²) in [5.41, 5.74) is 4.30. The lowest BCUT2D eigenvalue weighted by atomic mass is 10.1. The highest BCUT2D eigenvalue weighted by molar-refractivity contribution is 5.69. The molecule has 3 aromatic rings. The minimum Gasteiger partial charge on any atom is -0.469 e. The van der Waals surface area contributed by atoms with E-state index in [1.165, 1.54) is 7.11 Å². The maximum absolute atomic E-state index is 11.2. The smallest absolute Gasteiger partial charge is 0.305 e. The standard InChI is InChI=1S/C20H20N2O2/c1-24-20(23)13-6-16-4-7-17(8-5-16)21-18-9-11-19(12-10-18)22-14-2-3-15-22/h2-5,7-12,14-15,21H,6,13H2,1H3. The lowest BCUT2D eigenvalue weighted by Crippen LogP contribution is -2.01. The Balaban J connectivity index is 1.60. The lowest BCUT2D eigenvalue weighted by Gasteiger charge is -2.09. The Bertz CT molecular complexity index is 776. The number of ether oxygens (including phenoxy) is 1. The van der Waals surface area contributed by atoms with Gasteiger partial charge in [-0.05, 0) is 60.5 Å². The number of carbonyl (C=O) groups is 1. The van der Waals surface area contributed by atoms with Gasteiger partial charge in [0, 0.05) is 35.9 Å². The van der Waals surface area contributed by atoms with Gasteiger partial charge in [0.1, 0.15) is 0 Å². The summed E-state index contributed by atoms with van der Waals surface area (Å²) in [6.45, 7) is 0. The third-order valence-electron chi connectivity index (χ3n) is 3.86. The van der Waals surface area contributed by atoms with Gasteiger partial charge in [0.25, 0.3) is 0 Å². The maximum atomic E-state index is 11.2. The molecule has 0 amide bonds. The molecule has 2 aromatic carbocycles. The highest BCUT2D eigenvalue weighted by Crippen LogP contribution is 2.19. The van der Waals surface area contributed by atoms with E-state index >= 15 is 0 Å². The van der Waals surface area contributed by atoms with Gasteiger partial charge in [0.15, 0.2) is 0 Å². The monoisotopic (exact) mass is 320 g/mol. The van der Waals surface area contributed by atoms with E-state index in [0.717, 1.165) is 22.6 Å². The van der Waals surface area contributed by atoms with Crippen LogP contribution in [0.25, 0.3) is 5.69 Å². The summed E-state index contributed by atoms with van der Waals surface area (Å²) in [4.78, 5) is 11.2. The Morgan fingerprint density at radius 3 is 2.12 bits per heavy atom. The Labute approximate surface area is 141 Å². The zero-order chi connectivity index (χ0) is 16.8. The van der Waals surface area contributed by atoms with Crippen molar-refractivity contribution < 1.29 is 9.53 Å². The molecule has 0 saturated carbocycles. The Morgan fingerprint density at radius 1 is 0.958 bits per heavy atom. The highest BCUT2D eigenvalue weighted by Gasteiger charge is 2.02. The van der Waals surface area contributed by atoms with E-state index in [2.05, 4.69) is 38.9 Å². The number of methoxy groups -OCH3 is 1. The fourth-order valence-electron chi connectivity index (χ4n) is 2.49. The molecule has 4 heteroatoms. The fraction of sp³-hybridized carbons (Fsp3) is 0.150. The van der Waals surface area contributed by atoms with Gasteiger partial charge >= 0.3 is 5.97 Å². The van der Waals surface area contributed by atoms with Gasteiger partial charge in [0.2, 0.25) is 0 Å². The van der Waals surface area contributed by atoms with Crippen molar-refractivity contribution in [3.63, 3.8) is 0 Å². The molecule has 4 nitrogen and oxygen atoms in total. The molecule has 1 aromatic heterocycles. The number of carbonyl (C=O) groups excluding carboxylic acids is 1. The molecule has 0 radical (unpaired) electrons. The van der Waals surface area contributed by atoms with E-state index in [4.69, 9.17) is 0 Å². The Kier molecular flexibility index (Phi) is 4.96. The second-order valence-corrected chi connectivity index (χ2v) is 5.54. The van der Waals surface area contributed by atoms with Crippen molar-refractivity contribution in [2.45, 2.75) is 12.8 Å². The van der Waals surface area contributed by atoms with Crippen LogP contribution in [0.1, 0.15) is 12.0 Å². The van der Waals surface area contributed by atoms with Crippen LogP contribution in [0.3, 0.4) is 0 Å². The largest absolute Gasteiger partial charge is 0.469 e. The molecular formula is C20H20N2O2. The van der Waals surface area contributed by atoms with Crippen LogP contribution in [-0.2, 0) is 16.0 Å². The van der Waals surface area contributed by atoms with E-state index in [1.807, 2.05) is 48.8 Å². The van der Waals surface area contributed by atoms with Crippen molar-refractivity contribution in [3.8, 4) is 5.69 Å². The van der Waals surface area contributed by atoms with Crippen LogP contribution in [0.5, 0.6) is 0 Å². The summed E-state index contributed by atoms with van der Waals surface area (Å²) in [6.07, 6.45) is 5.15. The molecule has 0 saturated heterocycles. The first-order valence-corrected chi connectivity index (χ1v) is 7.91. The summed E-state index contributed by atoms with van der Waals surface area (Å²) >= 11 is 0. The molecular weight excluding hydrogens is 300 g/mol. The summed E-state index contributed by atoms with van der Waals surface area (Å²) in [5.74, 6) is -0.181. The summed E-state index contributed by atoms with van der Waals surface area (Å²) in [5, 5.41) is 3.38. The lowest BCUT2D eigenvalue weighted by molar-refractivity contribution is -0.140. The van der Waals surface area contributed by atoms with Gasteiger partial charge in [0.05, 0.1) is 7.11 Å². The van der Waals surface area contributed by atoms with E-state index in [0.29, 0.717) is 12.8 Å². The van der Waals surface area contributed by atoms with Gasteiger partial charge in [-0.25, -0.2) is 0 Å². The predicted octanol–water partition coefficient (Wildman–Crippen LogP) is 4.33. The Morgan fingerprint density at radius 2 is 1.54 bits per heavy atom. The quantitative estimate of drug-likeness (QED) is 0.688. The van der Waals surface area contributed by atoms with E-state index in [9.17, 15) is 4.79 Å². The SMILES string of the molecule is COC(=O)CCc1ccc(Nc2ccc(-n3cccc3)cc2)cc1. The minimum atomic E-state index is -0.181. The van der Waals surface area contributed by atoms with E-state index in [1.54, 1.807) is 0 Å². The normalized spacial score (nSPS) is 10.4. The molecule has 3 rings (SSSR count). The van der Waals surface area contributed by atoms with Crippen LogP contribution in [0.15, 0.2) is 73.1 Å². The number of hydrogen-bond donors (Lipinski definition) is 1. The van der Waals surface area contributed by atoms with Crippen LogP contribution < -0.4 is 5.32 Å². The average molecular weight is 320 g/mol. The molecule has 0 spiro atoms. The number of esters is 1. The van der Waals surface area contributed by atoms with Crippen molar-refractivity contribution in [2.24, 2.45) is 0 Å². The average Bonchev–Trinajstić information content (AvgIpc) is 3.16. The molecule has 0 atom stereocenters. The number of aromatic nitrogens is 1. The highest BCUT2D eigenvalue weighted by atomic mass is 16.5. The van der Waals surface area contributed by atoms with Gasteiger partial charge in [-0.1, -0.05) is 12.1 Å². The van der Waals surface area contributed by atoms with Crippen LogP contribution in [0.4, 0.5) is 11.4 Å². The molecule has 24 heavy (non-hydrogen) atoms. The Hall–Kier alpha value is -3.01. The fourth-order valence-corrected chi connectivity index (χ4v) is 2.49. The van der Waals surface area contributed by atoms with Crippen molar-refractivity contribution in [1.82, 2.24) is 4.57 Å². The van der Waals surface area contributed by atoms with E-state index < -0.39 is 0 Å². The van der Waals surface area contributed by atoms with Crippen LogP contribution in [0, 0.1) is 0 Å². The van der Waals surface area contributed by atoms with Gasteiger partial charge < -0.3 is 14.6 Å². The van der Waals surface area contributed by atoms with Gasteiger partial charge in [-0.15, -0.1) is 0 Å². The zero-order valence-electron chi connectivity index (χ0n) is 13.6. The first-order chi connectivity index (χ1) is 11.7. The molecule has 122 valence electrons. The molecule has 0 bridgehead atoms. The van der Waals surface area contributed by atoms with Gasteiger partial charge in [-0.3, -0.25) is 4.79 Å². The van der Waals surface area contributed by atoms with Crippen LogP contribution in [-0.4, -0.2) is 17.6 Å². The number of aryl methyl sites for hydroxylation is 1. The second-order valence-electron chi connectivity index (χ2n) is 5.54. The van der Waals surface area contributed by atoms with Crippen molar-refractivity contribution >= 4 is 17.3 Å². The van der Waals surface area contributed by atoms with Crippen molar-refractivity contribution in [1.29, 1.82) is 0 Å². The molecule has 0 aliphatic carbocycles. The topological polar surface area (TPSA) is 43.3 Å². The summed E-state index contributed by atoms with van der Waals surface area (Å²) in [7, 11) is 1.41. The minimum absolute atomic E-state index is 0.181.